The first-order valence-corrected chi connectivity index (χ1v) is 7.60. The fraction of sp³-hybridized carbons (Fsp3) is 0.375. The average Bonchev–Trinajstić information content (AvgIpc) is 2.91. The van der Waals surface area contributed by atoms with E-state index in [1.165, 1.54) is 13.3 Å². The Labute approximate surface area is 142 Å². The minimum absolute atomic E-state index is 0.346. The van der Waals surface area contributed by atoms with Gasteiger partial charge in [0.25, 0.3) is 5.56 Å². The van der Waals surface area contributed by atoms with Gasteiger partial charge in [-0.3, -0.25) is 14.3 Å². The molecule has 0 spiro atoms. The van der Waals surface area contributed by atoms with E-state index in [4.69, 9.17) is 14.2 Å². The van der Waals surface area contributed by atoms with Crippen LogP contribution in [0.25, 0.3) is 0 Å². The maximum absolute atomic E-state index is 12.1. The molecule has 25 heavy (non-hydrogen) atoms. The van der Waals surface area contributed by atoms with Crippen LogP contribution >= 0.6 is 0 Å². The first-order chi connectivity index (χ1) is 12.0. The summed E-state index contributed by atoms with van der Waals surface area (Å²) < 4.78 is 17.7. The fourth-order valence-electron chi connectivity index (χ4n) is 2.71. The summed E-state index contributed by atoms with van der Waals surface area (Å²) in [5.41, 5.74) is -1.27. The molecule has 3 N–H and O–H groups in total. The molecule has 1 aromatic heterocycles. The summed E-state index contributed by atoms with van der Waals surface area (Å²) in [6.45, 7) is -0.457. The molecule has 9 heteroatoms. The minimum atomic E-state index is -1.20. The normalized spacial score (nSPS) is 25.7. The van der Waals surface area contributed by atoms with Crippen molar-refractivity contribution >= 4 is 0 Å². The second-order valence-corrected chi connectivity index (χ2v) is 5.49. The van der Waals surface area contributed by atoms with Crippen LogP contribution in [0.1, 0.15) is 6.23 Å². The van der Waals surface area contributed by atoms with Crippen LogP contribution in [0.2, 0.25) is 0 Å². The molecule has 0 aliphatic carbocycles. The first kappa shape index (κ1) is 17.2. The Bertz CT molecular complexity index is 847. The van der Waals surface area contributed by atoms with E-state index in [1.54, 1.807) is 24.3 Å². The van der Waals surface area contributed by atoms with Crippen molar-refractivity contribution in [2.24, 2.45) is 0 Å². The Kier molecular flexibility index (Phi) is 4.88. The van der Waals surface area contributed by atoms with Gasteiger partial charge < -0.3 is 24.4 Å². The predicted octanol–water partition coefficient (Wildman–Crippen LogP) is -0.757. The quantitative estimate of drug-likeness (QED) is 0.648. The zero-order valence-electron chi connectivity index (χ0n) is 13.4. The number of benzene rings is 1. The highest BCUT2D eigenvalue weighted by Crippen LogP contribution is 2.35. The van der Waals surface area contributed by atoms with Crippen molar-refractivity contribution in [2.75, 3.05) is 13.7 Å². The monoisotopic (exact) mass is 350 g/mol. The number of rotatable bonds is 5. The van der Waals surface area contributed by atoms with E-state index >= 15 is 0 Å². The predicted molar refractivity (Wildman–Crippen MR) is 85.7 cm³/mol. The SMILES string of the molecule is COc1ccccc1O[C@@H]1[C@H](O)[C@@H](CO)O[C@H]1n1ccc(=O)[nH]c1=O. The molecular formula is C16H18N2O7. The lowest BCUT2D eigenvalue weighted by molar-refractivity contribution is -0.0525. The number of nitrogens with one attached hydrogen (secondary N) is 1. The third kappa shape index (κ3) is 3.29. The molecule has 0 saturated carbocycles. The molecule has 1 fully saturated rings. The molecule has 2 aromatic rings. The van der Waals surface area contributed by atoms with Crippen molar-refractivity contribution < 1.29 is 24.4 Å². The molecule has 4 atom stereocenters. The molecule has 0 bridgehead atoms. The number of para-hydroxylation sites is 2. The Morgan fingerprint density at radius 1 is 1.24 bits per heavy atom. The van der Waals surface area contributed by atoms with E-state index in [2.05, 4.69) is 4.98 Å². The number of aliphatic hydroxyl groups excluding tert-OH is 2. The summed E-state index contributed by atoms with van der Waals surface area (Å²) in [7, 11) is 1.48. The number of H-pyrrole nitrogens is 1. The van der Waals surface area contributed by atoms with E-state index in [1.807, 2.05) is 0 Å². The number of ether oxygens (including phenoxy) is 3. The van der Waals surface area contributed by atoms with Crippen LogP contribution in [-0.4, -0.2) is 51.8 Å². The molecular weight excluding hydrogens is 332 g/mol. The third-order valence-electron chi connectivity index (χ3n) is 3.95. The first-order valence-electron chi connectivity index (χ1n) is 7.60. The zero-order valence-corrected chi connectivity index (χ0v) is 13.4. The van der Waals surface area contributed by atoms with Crippen molar-refractivity contribution in [3.05, 3.63) is 57.4 Å². The van der Waals surface area contributed by atoms with Gasteiger partial charge in [-0.1, -0.05) is 12.1 Å². The molecule has 1 aliphatic heterocycles. The van der Waals surface area contributed by atoms with Gasteiger partial charge in [0, 0.05) is 12.3 Å². The van der Waals surface area contributed by atoms with Crippen LogP contribution in [0.15, 0.2) is 46.1 Å². The fourth-order valence-corrected chi connectivity index (χ4v) is 2.71. The lowest BCUT2D eigenvalue weighted by atomic mass is 10.1. The van der Waals surface area contributed by atoms with Crippen LogP contribution in [0, 0.1) is 0 Å². The maximum atomic E-state index is 12.1. The number of aromatic nitrogens is 2. The largest absolute Gasteiger partial charge is 0.493 e. The van der Waals surface area contributed by atoms with Crippen molar-refractivity contribution in [2.45, 2.75) is 24.5 Å². The van der Waals surface area contributed by atoms with Gasteiger partial charge >= 0.3 is 5.69 Å². The molecule has 3 rings (SSSR count). The lowest BCUT2D eigenvalue weighted by Gasteiger charge is -2.23. The smallest absolute Gasteiger partial charge is 0.330 e. The molecule has 2 heterocycles. The van der Waals surface area contributed by atoms with E-state index in [-0.39, 0.29) is 0 Å². The van der Waals surface area contributed by atoms with Gasteiger partial charge in [-0.25, -0.2) is 4.79 Å². The van der Waals surface area contributed by atoms with Crippen LogP contribution < -0.4 is 20.7 Å². The molecule has 1 aliphatic rings. The Morgan fingerprint density at radius 3 is 2.60 bits per heavy atom. The van der Waals surface area contributed by atoms with Crippen molar-refractivity contribution in [3.8, 4) is 11.5 Å². The molecule has 134 valence electrons. The van der Waals surface area contributed by atoms with Crippen LogP contribution in [0.4, 0.5) is 0 Å². The second kappa shape index (κ2) is 7.09. The van der Waals surface area contributed by atoms with Gasteiger partial charge in [0.2, 0.25) is 0 Å². The summed E-state index contributed by atoms with van der Waals surface area (Å²) in [4.78, 5) is 25.4. The number of hydrogen-bond donors (Lipinski definition) is 3. The summed E-state index contributed by atoms with van der Waals surface area (Å²) in [6, 6.07) is 7.97. The number of aromatic amines is 1. The molecule has 1 saturated heterocycles. The molecule has 9 nitrogen and oxygen atoms in total. The van der Waals surface area contributed by atoms with Gasteiger partial charge in [-0.2, -0.15) is 0 Å². The maximum Gasteiger partial charge on any atom is 0.330 e. The Balaban J connectivity index is 1.98. The molecule has 1 aromatic carbocycles. The van der Waals surface area contributed by atoms with Crippen LogP contribution in [0.5, 0.6) is 11.5 Å². The van der Waals surface area contributed by atoms with Gasteiger partial charge in [0.15, 0.2) is 23.8 Å². The van der Waals surface area contributed by atoms with E-state index in [0.29, 0.717) is 11.5 Å². The lowest BCUT2D eigenvalue weighted by Crippen LogP contribution is -2.41. The highest BCUT2D eigenvalue weighted by atomic mass is 16.6. The van der Waals surface area contributed by atoms with E-state index in [9.17, 15) is 19.8 Å². The van der Waals surface area contributed by atoms with Crippen molar-refractivity contribution in [1.82, 2.24) is 9.55 Å². The van der Waals surface area contributed by atoms with Crippen LogP contribution in [0.3, 0.4) is 0 Å². The standard InChI is InChI=1S/C16H18N2O7/c1-23-9-4-2-3-5-10(9)24-14-13(21)11(8-19)25-15(14)18-7-6-12(20)17-16(18)22/h2-7,11,13-15,19,21H,8H2,1H3,(H,17,20,22)/t11-,13-,14-,15-/m1/s1. The van der Waals surface area contributed by atoms with Crippen LogP contribution in [-0.2, 0) is 4.74 Å². The number of methoxy groups -OCH3 is 1. The second-order valence-electron chi connectivity index (χ2n) is 5.49. The summed E-state index contributed by atoms with van der Waals surface area (Å²) in [5, 5.41) is 19.8. The Hall–Kier alpha value is -2.62. The average molecular weight is 350 g/mol. The summed E-state index contributed by atoms with van der Waals surface area (Å²) in [6.07, 6.45) is -2.93. The Morgan fingerprint density at radius 2 is 1.96 bits per heavy atom. The van der Waals surface area contributed by atoms with E-state index in [0.717, 1.165) is 10.6 Å². The minimum Gasteiger partial charge on any atom is -0.493 e. The zero-order chi connectivity index (χ0) is 18.0. The highest BCUT2D eigenvalue weighted by molar-refractivity contribution is 5.39. The van der Waals surface area contributed by atoms with Crippen molar-refractivity contribution in [3.63, 3.8) is 0 Å². The summed E-state index contributed by atoms with van der Waals surface area (Å²) in [5.74, 6) is 0.786. The number of nitrogens with zero attached hydrogens (tertiary/aromatic N) is 1. The van der Waals surface area contributed by atoms with Gasteiger partial charge in [-0.05, 0) is 12.1 Å². The van der Waals surface area contributed by atoms with Gasteiger partial charge in [0.05, 0.1) is 13.7 Å². The van der Waals surface area contributed by atoms with Gasteiger partial charge in [0.1, 0.15) is 12.2 Å². The van der Waals surface area contributed by atoms with Crippen molar-refractivity contribution in [1.29, 1.82) is 0 Å². The van der Waals surface area contributed by atoms with E-state index < -0.39 is 42.4 Å². The summed E-state index contributed by atoms with van der Waals surface area (Å²) >= 11 is 0. The number of aliphatic hydroxyl groups is 2. The number of hydrogen-bond acceptors (Lipinski definition) is 7. The molecule has 0 radical (unpaired) electrons. The molecule has 0 amide bonds. The highest BCUT2D eigenvalue weighted by Gasteiger charge is 2.46. The topological polar surface area (TPSA) is 123 Å². The molecule has 0 unspecified atom stereocenters. The van der Waals surface area contributed by atoms with Gasteiger partial charge in [-0.15, -0.1) is 0 Å². The third-order valence-corrected chi connectivity index (χ3v) is 3.95.